The van der Waals surface area contributed by atoms with Gasteiger partial charge in [-0.25, -0.2) is 13.4 Å². The van der Waals surface area contributed by atoms with Gasteiger partial charge in [0.1, 0.15) is 11.4 Å². The molecule has 0 radical (unpaired) electrons. The highest BCUT2D eigenvalue weighted by Crippen LogP contribution is 2.43. The highest BCUT2D eigenvalue weighted by atomic mass is 32.2. The number of nitrogens with one attached hydrogen (secondary N) is 1. The lowest BCUT2D eigenvalue weighted by atomic mass is 9.87. The van der Waals surface area contributed by atoms with Gasteiger partial charge < -0.3 is 16.2 Å². The zero-order chi connectivity index (χ0) is 18.9. The van der Waals surface area contributed by atoms with E-state index in [1.165, 1.54) is 0 Å². The molecule has 0 unspecified atom stereocenters. The van der Waals surface area contributed by atoms with Gasteiger partial charge in [0.15, 0.2) is 0 Å². The first kappa shape index (κ1) is 18.3. The molecule has 1 aromatic carbocycles. The van der Waals surface area contributed by atoms with Crippen LogP contribution in [0.3, 0.4) is 0 Å². The van der Waals surface area contributed by atoms with Crippen LogP contribution >= 0.6 is 0 Å². The molecule has 1 heterocycles. The highest BCUT2D eigenvalue weighted by molar-refractivity contribution is 7.92. The Bertz CT molecular complexity index is 859. The van der Waals surface area contributed by atoms with E-state index in [0.717, 1.165) is 38.4 Å². The molecule has 0 bridgehead atoms. The van der Waals surface area contributed by atoms with Crippen molar-refractivity contribution in [2.75, 3.05) is 23.0 Å². The van der Waals surface area contributed by atoms with E-state index < -0.39 is 15.7 Å². The SMILES string of the molecule is COc1ccc(NS(C)(=O)=O)c(N2C(N)=NC(N)=NC23CCCCC3)c1. The third-order valence-electron chi connectivity index (χ3n) is 4.59. The third kappa shape index (κ3) is 3.55. The number of ether oxygens (including phenoxy) is 1. The Morgan fingerprint density at radius 1 is 1.23 bits per heavy atom. The summed E-state index contributed by atoms with van der Waals surface area (Å²) in [5, 5.41) is 0. The predicted molar refractivity (Wildman–Crippen MR) is 103 cm³/mol. The minimum Gasteiger partial charge on any atom is -0.497 e. The summed E-state index contributed by atoms with van der Waals surface area (Å²) in [6, 6.07) is 5.05. The van der Waals surface area contributed by atoms with Crippen LogP contribution in [0.4, 0.5) is 11.4 Å². The van der Waals surface area contributed by atoms with Gasteiger partial charge in [0.25, 0.3) is 0 Å². The van der Waals surface area contributed by atoms with Crippen LogP contribution in [0.15, 0.2) is 28.2 Å². The number of nitrogens with two attached hydrogens (primary N) is 2. The lowest BCUT2D eigenvalue weighted by molar-refractivity contribution is 0.305. The van der Waals surface area contributed by atoms with E-state index in [9.17, 15) is 8.42 Å². The smallest absolute Gasteiger partial charge is 0.229 e. The number of benzene rings is 1. The lowest BCUT2D eigenvalue weighted by Gasteiger charge is -2.46. The van der Waals surface area contributed by atoms with Gasteiger partial charge in [0.2, 0.25) is 21.9 Å². The maximum Gasteiger partial charge on any atom is 0.229 e. The Kier molecular flexibility index (Phi) is 4.70. The maximum absolute atomic E-state index is 11.8. The molecule has 0 aromatic heterocycles. The molecule has 5 N–H and O–H groups in total. The fourth-order valence-corrected chi connectivity index (χ4v) is 4.15. The number of anilines is 2. The Labute approximate surface area is 153 Å². The van der Waals surface area contributed by atoms with Gasteiger partial charge in [0.05, 0.1) is 24.7 Å². The monoisotopic (exact) mass is 380 g/mol. The Morgan fingerprint density at radius 2 is 1.92 bits per heavy atom. The largest absolute Gasteiger partial charge is 0.497 e. The first-order chi connectivity index (χ1) is 12.2. The molecule has 1 aliphatic carbocycles. The molecule has 1 spiro atoms. The summed E-state index contributed by atoms with van der Waals surface area (Å²) in [4.78, 5) is 10.5. The number of nitrogens with zero attached hydrogens (tertiary/aromatic N) is 3. The fourth-order valence-electron chi connectivity index (χ4n) is 3.58. The molecule has 1 saturated carbocycles. The number of methoxy groups -OCH3 is 1. The second kappa shape index (κ2) is 6.67. The fraction of sp³-hybridized carbons (Fsp3) is 0.500. The number of hydrogen-bond acceptors (Lipinski definition) is 8. The van der Waals surface area contributed by atoms with Crippen molar-refractivity contribution in [3.05, 3.63) is 18.2 Å². The van der Waals surface area contributed by atoms with E-state index in [1.54, 1.807) is 30.2 Å². The first-order valence-electron chi connectivity index (χ1n) is 8.40. The standard InChI is InChI=1S/C16H24N6O3S/c1-25-11-6-7-12(21-26(2,23)24)13(10-11)22-15(18)19-14(17)20-16(22)8-4-3-5-9-16/h6-7,10,21H,3-5,8-9H2,1-2H3,(H4,17,18,19,20). The molecule has 9 nitrogen and oxygen atoms in total. The van der Waals surface area contributed by atoms with E-state index in [1.807, 2.05) is 0 Å². The third-order valence-corrected chi connectivity index (χ3v) is 5.18. The molecule has 10 heteroatoms. The second-order valence-corrected chi connectivity index (χ2v) is 8.32. The van der Waals surface area contributed by atoms with E-state index in [2.05, 4.69) is 14.7 Å². The summed E-state index contributed by atoms with van der Waals surface area (Å²) in [6.45, 7) is 0. The van der Waals surface area contributed by atoms with Gasteiger partial charge in [0, 0.05) is 6.07 Å². The minimum atomic E-state index is -3.49. The molecule has 0 saturated heterocycles. The molecule has 142 valence electrons. The number of rotatable bonds is 4. The van der Waals surface area contributed by atoms with Gasteiger partial charge >= 0.3 is 0 Å². The van der Waals surface area contributed by atoms with Crippen LogP contribution in [0.2, 0.25) is 0 Å². The molecule has 1 aromatic rings. The molecule has 2 aliphatic rings. The van der Waals surface area contributed by atoms with Crippen LogP contribution in [0.5, 0.6) is 5.75 Å². The summed E-state index contributed by atoms with van der Waals surface area (Å²) in [5.41, 5.74) is 12.4. The zero-order valence-corrected chi connectivity index (χ0v) is 15.7. The topological polar surface area (TPSA) is 135 Å². The zero-order valence-electron chi connectivity index (χ0n) is 14.9. The normalized spacial score (nSPS) is 19.7. The summed E-state index contributed by atoms with van der Waals surface area (Å²) >= 11 is 0. The minimum absolute atomic E-state index is 0.140. The molecule has 0 atom stereocenters. The van der Waals surface area contributed by atoms with Crippen LogP contribution in [-0.4, -0.2) is 39.4 Å². The van der Waals surface area contributed by atoms with E-state index >= 15 is 0 Å². The molecular formula is C16H24N6O3S. The van der Waals surface area contributed by atoms with Crippen molar-refractivity contribution < 1.29 is 13.2 Å². The van der Waals surface area contributed by atoms with Gasteiger partial charge in [-0.2, -0.15) is 4.99 Å². The summed E-state index contributed by atoms with van der Waals surface area (Å²) in [7, 11) is -1.94. The van der Waals surface area contributed by atoms with Crippen molar-refractivity contribution in [3.63, 3.8) is 0 Å². The van der Waals surface area contributed by atoms with Gasteiger partial charge in [-0.15, -0.1) is 0 Å². The number of sulfonamides is 1. The predicted octanol–water partition coefficient (Wildman–Crippen LogP) is 1.18. The van der Waals surface area contributed by atoms with Crippen LogP contribution in [0, 0.1) is 0 Å². The van der Waals surface area contributed by atoms with Gasteiger partial charge in [-0.3, -0.25) is 9.62 Å². The molecule has 0 amide bonds. The highest BCUT2D eigenvalue weighted by Gasteiger charge is 2.43. The van der Waals surface area contributed by atoms with E-state index in [0.29, 0.717) is 17.1 Å². The number of aliphatic imine (C=N–C) groups is 2. The Hall–Kier alpha value is -2.49. The van der Waals surface area contributed by atoms with Crippen molar-refractivity contribution in [2.45, 2.75) is 37.8 Å². The molecule has 1 fully saturated rings. The van der Waals surface area contributed by atoms with Crippen LogP contribution < -0.4 is 25.8 Å². The average molecular weight is 380 g/mol. The van der Waals surface area contributed by atoms with Crippen LogP contribution in [-0.2, 0) is 10.0 Å². The number of hydrogen-bond donors (Lipinski definition) is 3. The molecule has 26 heavy (non-hydrogen) atoms. The quantitative estimate of drug-likeness (QED) is 0.717. The van der Waals surface area contributed by atoms with Crippen molar-refractivity contribution >= 4 is 33.3 Å². The van der Waals surface area contributed by atoms with Crippen LogP contribution in [0.1, 0.15) is 32.1 Å². The van der Waals surface area contributed by atoms with E-state index in [-0.39, 0.29) is 11.9 Å². The summed E-state index contributed by atoms with van der Waals surface area (Å²) in [6.07, 6.45) is 5.65. The second-order valence-electron chi connectivity index (χ2n) is 6.58. The Balaban J connectivity index is 2.17. The van der Waals surface area contributed by atoms with Crippen molar-refractivity contribution in [2.24, 2.45) is 21.5 Å². The van der Waals surface area contributed by atoms with E-state index in [4.69, 9.17) is 16.2 Å². The van der Waals surface area contributed by atoms with Gasteiger partial charge in [-0.1, -0.05) is 6.42 Å². The van der Waals surface area contributed by atoms with Crippen molar-refractivity contribution in [3.8, 4) is 5.75 Å². The Morgan fingerprint density at radius 3 is 2.54 bits per heavy atom. The molecular weight excluding hydrogens is 356 g/mol. The maximum atomic E-state index is 11.8. The van der Waals surface area contributed by atoms with Crippen LogP contribution in [0.25, 0.3) is 0 Å². The summed E-state index contributed by atoms with van der Waals surface area (Å²) in [5.74, 6) is 0.894. The number of guanidine groups is 2. The summed E-state index contributed by atoms with van der Waals surface area (Å²) < 4.78 is 31.5. The average Bonchev–Trinajstić information content (AvgIpc) is 2.55. The molecule has 3 rings (SSSR count). The van der Waals surface area contributed by atoms with Gasteiger partial charge in [-0.05, 0) is 37.8 Å². The van der Waals surface area contributed by atoms with Crippen molar-refractivity contribution in [1.82, 2.24) is 0 Å². The first-order valence-corrected chi connectivity index (χ1v) is 10.3. The van der Waals surface area contributed by atoms with Crippen molar-refractivity contribution in [1.29, 1.82) is 0 Å². The lowest BCUT2D eigenvalue weighted by Crippen LogP contribution is -2.58. The molecule has 1 aliphatic heterocycles.